The van der Waals surface area contributed by atoms with E-state index in [2.05, 4.69) is 20.2 Å². The Balaban J connectivity index is 1.48. The van der Waals surface area contributed by atoms with Gasteiger partial charge in [0.2, 0.25) is 5.95 Å². The van der Waals surface area contributed by atoms with Gasteiger partial charge in [-0.25, -0.2) is 22.8 Å². The molecule has 10 heteroatoms. The summed E-state index contributed by atoms with van der Waals surface area (Å²) in [6.45, 7) is 2.82. The maximum Gasteiger partial charge on any atom is 0.213 e. The second kappa shape index (κ2) is 10.1. The van der Waals surface area contributed by atoms with Gasteiger partial charge >= 0.3 is 0 Å². The number of anilines is 1. The number of pyridine rings is 2. The molecule has 3 aromatic rings. The van der Waals surface area contributed by atoms with Gasteiger partial charge in [-0.15, -0.1) is 0 Å². The van der Waals surface area contributed by atoms with Crippen LogP contribution in [-0.2, 0) is 28.7 Å². The number of nitrogens with zero attached hydrogens (tertiary/aromatic N) is 3. The Morgan fingerprint density at radius 3 is 2.58 bits per heavy atom. The molecule has 4 rings (SSSR count). The molecule has 0 amide bonds. The van der Waals surface area contributed by atoms with Crippen LogP contribution < -0.4 is 5.32 Å². The lowest BCUT2D eigenvalue weighted by Crippen LogP contribution is -2.20. The lowest BCUT2D eigenvalue weighted by atomic mass is 10.1. The molecule has 174 valence electrons. The number of nitrogens with one attached hydrogen (secondary N) is 1. The van der Waals surface area contributed by atoms with Crippen molar-refractivity contribution in [2.24, 2.45) is 0 Å². The van der Waals surface area contributed by atoms with E-state index < -0.39 is 21.5 Å². The molecule has 33 heavy (non-hydrogen) atoms. The van der Waals surface area contributed by atoms with Gasteiger partial charge in [0.05, 0.1) is 21.4 Å². The van der Waals surface area contributed by atoms with E-state index >= 15 is 0 Å². The van der Waals surface area contributed by atoms with Crippen LogP contribution in [0.25, 0.3) is 0 Å². The zero-order chi connectivity index (χ0) is 23.4. The van der Waals surface area contributed by atoms with Gasteiger partial charge in [0.1, 0.15) is 11.6 Å². The second-order valence-corrected chi connectivity index (χ2v) is 10.3. The SMILES string of the molecule is O=S(=O)(Cc1cccc(F)n1)c1cnc(NCc2c(F)cccc2CN2CCCC2)c(Cl)c1. The van der Waals surface area contributed by atoms with Crippen molar-refractivity contribution in [2.45, 2.75) is 36.6 Å². The molecule has 0 atom stereocenters. The van der Waals surface area contributed by atoms with E-state index in [9.17, 15) is 17.2 Å². The van der Waals surface area contributed by atoms with E-state index in [0.717, 1.165) is 37.6 Å². The molecule has 1 aromatic carbocycles. The van der Waals surface area contributed by atoms with E-state index in [0.29, 0.717) is 12.1 Å². The Labute approximate surface area is 196 Å². The third-order valence-electron chi connectivity index (χ3n) is 5.53. The largest absolute Gasteiger partial charge is 0.365 e. The van der Waals surface area contributed by atoms with Gasteiger partial charge in [-0.05, 0) is 55.8 Å². The Kier molecular flexibility index (Phi) is 7.21. The van der Waals surface area contributed by atoms with Gasteiger partial charge in [0.25, 0.3) is 0 Å². The first-order chi connectivity index (χ1) is 15.8. The summed E-state index contributed by atoms with van der Waals surface area (Å²) >= 11 is 6.28. The predicted octanol–water partition coefficient (Wildman–Crippen LogP) is 4.59. The van der Waals surface area contributed by atoms with E-state index in [1.54, 1.807) is 6.07 Å². The van der Waals surface area contributed by atoms with Crippen molar-refractivity contribution in [1.82, 2.24) is 14.9 Å². The minimum absolute atomic E-state index is 0.0819. The number of sulfone groups is 1. The first-order valence-corrected chi connectivity index (χ1v) is 12.6. The van der Waals surface area contributed by atoms with Gasteiger partial charge in [-0.1, -0.05) is 29.8 Å². The summed E-state index contributed by atoms with van der Waals surface area (Å²) < 4.78 is 53.2. The van der Waals surface area contributed by atoms with Crippen LogP contribution >= 0.6 is 11.6 Å². The third-order valence-corrected chi connectivity index (χ3v) is 7.43. The van der Waals surface area contributed by atoms with Crippen LogP contribution in [0.2, 0.25) is 5.02 Å². The number of rotatable bonds is 8. The predicted molar refractivity (Wildman–Crippen MR) is 123 cm³/mol. The molecule has 0 bridgehead atoms. The topological polar surface area (TPSA) is 75.2 Å². The highest BCUT2D eigenvalue weighted by molar-refractivity contribution is 7.90. The summed E-state index contributed by atoms with van der Waals surface area (Å²) in [7, 11) is -3.83. The molecule has 1 N–H and O–H groups in total. The van der Waals surface area contributed by atoms with Gasteiger partial charge < -0.3 is 5.32 Å². The van der Waals surface area contributed by atoms with Gasteiger partial charge in [-0.3, -0.25) is 4.90 Å². The number of halogens is 3. The highest BCUT2D eigenvalue weighted by atomic mass is 35.5. The summed E-state index contributed by atoms with van der Waals surface area (Å²) in [6.07, 6.45) is 3.47. The highest BCUT2D eigenvalue weighted by Crippen LogP contribution is 2.26. The minimum atomic E-state index is -3.83. The smallest absolute Gasteiger partial charge is 0.213 e. The van der Waals surface area contributed by atoms with Gasteiger partial charge in [0, 0.05) is 24.8 Å². The van der Waals surface area contributed by atoms with Crippen molar-refractivity contribution in [3.8, 4) is 0 Å². The molecule has 0 saturated carbocycles. The lowest BCUT2D eigenvalue weighted by molar-refractivity contribution is 0.329. The summed E-state index contributed by atoms with van der Waals surface area (Å²) in [5, 5.41) is 3.10. The molecule has 0 aliphatic carbocycles. The highest BCUT2D eigenvalue weighted by Gasteiger charge is 2.20. The standard InChI is InChI=1S/C23H23ClF2N4O2S/c24-20-11-18(33(31,32)15-17-6-4-8-22(26)29-17)12-27-23(20)28-13-19-16(5-3-7-21(19)25)14-30-9-1-2-10-30/h3-8,11-12H,1-2,9-10,13-15H2,(H,27,28). The number of aromatic nitrogens is 2. The molecule has 1 aliphatic rings. The van der Waals surface area contributed by atoms with E-state index in [1.807, 2.05) is 6.07 Å². The summed E-state index contributed by atoms with van der Waals surface area (Å²) in [5.74, 6) is -1.31. The fraction of sp³-hybridized carbons (Fsp3) is 0.304. The average molecular weight is 493 g/mol. The number of hydrogen-bond donors (Lipinski definition) is 1. The van der Waals surface area contributed by atoms with Crippen molar-refractivity contribution >= 4 is 27.3 Å². The molecule has 1 saturated heterocycles. The van der Waals surface area contributed by atoms with Crippen LogP contribution in [-0.4, -0.2) is 36.4 Å². The quantitative estimate of drug-likeness (QED) is 0.463. The molecule has 0 spiro atoms. The summed E-state index contributed by atoms with van der Waals surface area (Å²) in [4.78, 5) is 9.90. The van der Waals surface area contributed by atoms with E-state index in [-0.39, 0.29) is 33.8 Å². The van der Waals surface area contributed by atoms with Gasteiger partial charge in [0.15, 0.2) is 9.84 Å². The van der Waals surface area contributed by atoms with Crippen molar-refractivity contribution < 1.29 is 17.2 Å². The van der Waals surface area contributed by atoms with Crippen molar-refractivity contribution in [1.29, 1.82) is 0 Å². The molecule has 6 nitrogen and oxygen atoms in total. The molecular formula is C23H23ClF2N4O2S. The lowest BCUT2D eigenvalue weighted by Gasteiger charge is -2.18. The molecular weight excluding hydrogens is 470 g/mol. The van der Waals surface area contributed by atoms with Crippen LogP contribution in [0, 0.1) is 11.8 Å². The zero-order valence-electron chi connectivity index (χ0n) is 17.8. The van der Waals surface area contributed by atoms with Crippen LogP contribution in [0.1, 0.15) is 29.7 Å². The minimum Gasteiger partial charge on any atom is -0.365 e. The molecule has 0 unspecified atom stereocenters. The number of hydrogen-bond acceptors (Lipinski definition) is 6. The second-order valence-electron chi connectivity index (χ2n) is 7.93. The maximum atomic E-state index is 14.6. The van der Waals surface area contributed by atoms with Crippen molar-refractivity contribution in [3.05, 3.63) is 82.3 Å². The van der Waals surface area contributed by atoms with Crippen molar-refractivity contribution in [3.63, 3.8) is 0 Å². The third kappa shape index (κ3) is 5.85. The number of likely N-dealkylation sites (tertiary alicyclic amines) is 1. The molecule has 2 aromatic heterocycles. The van der Waals surface area contributed by atoms with E-state index in [1.165, 1.54) is 30.5 Å². The number of benzene rings is 1. The maximum absolute atomic E-state index is 14.6. The molecule has 1 fully saturated rings. The first kappa shape index (κ1) is 23.5. The Morgan fingerprint density at radius 2 is 1.85 bits per heavy atom. The van der Waals surface area contributed by atoms with Gasteiger partial charge in [-0.2, -0.15) is 4.39 Å². The van der Waals surface area contributed by atoms with Crippen LogP contribution in [0.15, 0.2) is 53.6 Å². The monoisotopic (exact) mass is 492 g/mol. The molecule has 3 heterocycles. The zero-order valence-corrected chi connectivity index (χ0v) is 19.3. The molecule has 0 radical (unpaired) electrons. The van der Waals surface area contributed by atoms with Crippen LogP contribution in [0.3, 0.4) is 0 Å². The average Bonchev–Trinajstić information content (AvgIpc) is 3.27. The Morgan fingerprint density at radius 1 is 1.09 bits per heavy atom. The van der Waals surface area contributed by atoms with Crippen molar-refractivity contribution in [2.75, 3.05) is 18.4 Å². The first-order valence-electron chi connectivity index (χ1n) is 10.5. The Bertz CT molecular complexity index is 1250. The van der Waals surface area contributed by atoms with Crippen LogP contribution in [0.5, 0.6) is 0 Å². The fourth-order valence-electron chi connectivity index (χ4n) is 3.83. The Hall–Kier alpha value is -2.62. The normalized spacial score (nSPS) is 14.5. The van der Waals surface area contributed by atoms with E-state index in [4.69, 9.17) is 11.6 Å². The fourth-order valence-corrected chi connectivity index (χ4v) is 5.36. The summed E-state index contributed by atoms with van der Waals surface area (Å²) in [5.41, 5.74) is 1.50. The van der Waals surface area contributed by atoms with Crippen LogP contribution in [0.4, 0.5) is 14.6 Å². The summed E-state index contributed by atoms with van der Waals surface area (Å²) in [6, 6.07) is 10.3. The molecule has 1 aliphatic heterocycles.